The van der Waals surface area contributed by atoms with Gasteiger partial charge in [0.1, 0.15) is 6.20 Å². The quantitative estimate of drug-likeness (QED) is 0.515. The second-order valence-electron chi connectivity index (χ2n) is 5.01. The number of unbranched alkanes of at least 4 members (excludes halogenated alkanes) is 3. The van der Waals surface area contributed by atoms with Crippen LogP contribution in [0.4, 0.5) is 0 Å². The number of ketones is 1. The van der Waals surface area contributed by atoms with E-state index in [0.717, 1.165) is 32.1 Å². The maximum Gasteiger partial charge on any atom is 0.305 e. The predicted molar refractivity (Wildman–Crippen MR) is 80.6 cm³/mol. The predicted octanol–water partition coefficient (Wildman–Crippen LogP) is 4.06. The molecule has 0 aliphatic carbocycles. The number of carbonyl (C=O) groups excluding carboxylic acids is 1. The molecule has 0 aliphatic heterocycles. The van der Waals surface area contributed by atoms with E-state index in [1.807, 2.05) is 6.07 Å². The van der Waals surface area contributed by atoms with Crippen LogP contribution in [0.3, 0.4) is 0 Å². The Morgan fingerprint density at radius 2 is 1.90 bits per heavy atom. The Morgan fingerprint density at radius 1 is 1.14 bits per heavy atom. The number of nitrogens with zero attached hydrogens (tertiary/aromatic N) is 1. The highest BCUT2D eigenvalue weighted by atomic mass is 16.6. The number of carbonyl (C=O) groups is 1. The van der Waals surface area contributed by atoms with E-state index < -0.39 is 0 Å². The van der Waals surface area contributed by atoms with Gasteiger partial charge in [0, 0.05) is 6.42 Å². The first kappa shape index (κ1) is 15.3. The molecular weight excluding hydrogens is 266 g/mol. The normalized spacial score (nSPS) is 10.5. The van der Waals surface area contributed by atoms with E-state index in [9.17, 15) is 4.79 Å². The summed E-state index contributed by atoms with van der Waals surface area (Å²) in [5, 5.41) is 0. The topological polar surface area (TPSA) is 52.3 Å². The first-order valence-corrected chi connectivity index (χ1v) is 7.36. The average molecular weight is 287 g/mol. The third-order valence-corrected chi connectivity index (χ3v) is 3.39. The van der Waals surface area contributed by atoms with Crippen molar-refractivity contribution < 1.29 is 13.9 Å². The van der Waals surface area contributed by atoms with Crippen molar-refractivity contribution in [3.05, 3.63) is 48.0 Å². The summed E-state index contributed by atoms with van der Waals surface area (Å²) in [6.45, 7) is 0. The van der Waals surface area contributed by atoms with Crippen LogP contribution in [0, 0.1) is 0 Å². The van der Waals surface area contributed by atoms with Crippen LogP contribution >= 0.6 is 0 Å². The smallest absolute Gasteiger partial charge is 0.305 e. The molecule has 0 radical (unpaired) electrons. The van der Waals surface area contributed by atoms with Gasteiger partial charge >= 0.3 is 5.95 Å². The molecule has 0 unspecified atom stereocenters. The zero-order valence-electron chi connectivity index (χ0n) is 12.4. The zero-order chi connectivity index (χ0) is 14.9. The van der Waals surface area contributed by atoms with Crippen molar-refractivity contribution in [1.29, 1.82) is 0 Å². The molecule has 112 valence electrons. The van der Waals surface area contributed by atoms with Gasteiger partial charge in [-0.25, -0.2) is 4.98 Å². The maximum atomic E-state index is 11.8. The Bertz CT molecular complexity index is 548. The van der Waals surface area contributed by atoms with Crippen molar-refractivity contribution in [1.82, 2.24) is 4.98 Å². The molecule has 0 bridgehead atoms. The summed E-state index contributed by atoms with van der Waals surface area (Å²) < 4.78 is 10.0. The van der Waals surface area contributed by atoms with Crippen LogP contribution in [0.1, 0.15) is 48.4 Å². The Balaban J connectivity index is 1.58. The molecule has 0 saturated heterocycles. The number of benzene rings is 1. The molecular formula is C17H21NO3. The van der Waals surface area contributed by atoms with E-state index >= 15 is 0 Å². The number of Topliss-reactive ketones (excluding diaryl/α,β-unsaturated/α-hetero) is 1. The molecule has 2 rings (SSSR count). The Hall–Kier alpha value is -2.10. The van der Waals surface area contributed by atoms with Gasteiger partial charge in [-0.1, -0.05) is 43.2 Å². The lowest BCUT2D eigenvalue weighted by atomic mass is 10.0. The van der Waals surface area contributed by atoms with Crippen LogP contribution in [0.15, 0.2) is 40.9 Å². The lowest BCUT2D eigenvalue weighted by molar-refractivity contribution is 0.0939. The molecule has 0 aliphatic rings. The summed E-state index contributed by atoms with van der Waals surface area (Å²) in [7, 11) is 1.49. The molecule has 0 spiro atoms. The van der Waals surface area contributed by atoms with Crippen molar-refractivity contribution in [2.75, 3.05) is 7.11 Å². The molecule has 0 N–H and O–H groups in total. The summed E-state index contributed by atoms with van der Waals surface area (Å²) in [6.07, 6.45) is 7.23. The molecule has 0 amide bonds. The van der Waals surface area contributed by atoms with Crippen molar-refractivity contribution in [3.8, 4) is 5.95 Å². The SMILES string of the molecule is COc1cnc(C(=O)CCCCCCc2ccccc2)o1. The van der Waals surface area contributed by atoms with E-state index in [2.05, 4.69) is 29.2 Å². The third-order valence-electron chi connectivity index (χ3n) is 3.39. The van der Waals surface area contributed by atoms with Crippen LogP contribution in [0.5, 0.6) is 5.95 Å². The van der Waals surface area contributed by atoms with Gasteiger partial charge in [0.2, 0.25) is 5.78 Å². The number of oxazole rings is 1. The first-order valence-electron chi connectivity index (χ1n) is 7.36. The standard InChI is InChI=1S/C17H21NO3/c1-20-16-13-18-17(21-16)15(19)12-8-3-2-5-9-14-10-6-4-7-11-14/h4,6-7,10-11,13H,2-3,5,8-9,12H2,1H3. The van der Waals surface area contributed by atoms with Crippen molar-refractivity contribution in [2.45, 2.75) is 38.5 Å². The molecule has 0 saturated carbocycles. The molecule has 1 aromatic carbocycles. The van der Waals surface area contributed by atoms with E-state index in [1.165, 1.54) is 18.9 Å². The van der Waals surface area contributed by atoms with E-state index in [-0.39, 0.29) is 17.6 Å². The molecule has 2 aromatic rings. The number of methoxy groups -OCH3 is 1. The summed E-state index contributed by atoms with van der Waals surface area (Å²) >= 11 is 0. The molecule has 0 atom stereocenters. The zero-order valence-corrected chi connectivity index (χ0v) is 12.4. The fraction of sp³-hybridized carbons (Fsp3) is 0.412. The van der Waals surface area contributed by atoms with Crippen LogP contribution < -0.4 is 4.74 Å². The van der Waals surface area contributed by atoms with E-state index in [0.29, 0.717) is 6.42 Å². The summed E-state index contributed by atoms with van der Waals surface area (Å²) in [5.74, 6) is 0.374. The fourth-order valence-corrected chi connectivity index (χ4v) is 2.20. The summed E-state index contributed by atoms with van der Waals surface area (Å²) in [4.78, 5) is 15.7. The second kappa shape index (κ2) is 8.25. The van der Waals surface area contributed by atoms with Crippen molar-refractivity contribution >= 4 is 5.78 Å². The molecule has 1 heterocycles. The minimum atomic E-state index is -0.0543. The Morgan fingerprint density at radius 3 is 2.62 bits per heavy atom. The number of aryl methyl sites for hydroxylation is 1. The minimum absolute atomic E-state index is 0.0543. The van der Waals surface area contributed by atoms with Crippen LogP contribution in [-0.4, -0.2) is 17.9 Å². The maximum absolute atomic E-state index is 11.8. The van der Waals surface area contributed by atoms with Crippen LogP contribution in [0.25, 0.3) is 0 Å². The highest BCUT2D eigenvalue weighted by Crippen LogP contribution is 2.15. The minimum Gasteiger partial charge on any atom is -0.467 e. The van der Waals surface area contributed by atoms with E-state index in [1.54, 1.807) is 0 Å². The Labute approximate surface area is 125 Å². The first-order chi connectivity index (χ1) is 10.3. The van der Waals surface area contributed by atoms with Gasteiger partial charge in [0.05, 0.1) is 7.11 Å². The van der Waals surface area contributed by atoms with Crippen LogP contribution in [-0.2, 0) is 6.42 Å². The number of aromatic nitrogens is 1. The number of ether oxygens (including phenoxy) is 1. The monoisotopic (exact) mass is 287 g/mol. The Kier molecular flexibility index (Phi) is 6.00. The van der Waals surface area contributed by atoms with Gasteiger partial charge in [-0.2, -0.15) is 0 Å². The summed E-state index contributed by atoms with van der Waals surface area (Å²) in [6, 6.07) is 10.5. The van der Waals surface area contributed by atoms with Crippen molar-refractivity contribution in [2.24, 2.45) is 0 Å². The number of hydrogen-bond acceptors (Lipinski definition) is 4. The van der Waals surface area contributed by atoms with E-state index in [4.69, 9.17) is 9.15 Å². The largest absolute Gasteiger partial charge is 0.467 e. The van der Waals surface area contributed by atoms with Crippen LogP contribution in [0.2, 0.25) is 0 Å². The highest BCUT2D eigenvalue weighted by Gasteiger charge is 2.12. The molecule has 4 nitrogen and oxygen atoms in total. The number of rotatable bonds is 9. The van der Waals surface area contributed by atoms with Gasteiger partial charge in [-0.05, 0) is 24.8 Å². The van der Waals surface area contributed by atoms with Gasteiger partial charge in [-0.3, -0.25) is 4.79 Å². The van der Waals surface area contributed by atoms with Gasteiger partial charge in [-0.15, -0.1) is 0 Å². The average Bonchev–Trinajstić information content (AvgIpc) is 3.00. The molecule has 0 fully saturated rings. The fourth-order valence-electron chi connectivity index (χ4n) is 2.20. The number of hydrogen-bond donors (Lipinski definition) is 0. The van der Waals surface area contributed by atoms with Gasteiger partial charge in [0.25, 0.3) is 5.89 Å². The second-order valence-corrected chi connectivity index (χ2v) is 5.01. The highest BCUT2D eigenvalue weighted by molar-refractivity contribution is 5.91. The lowest BCUT2D eigenvalue weighted by Crippen LogP contribution is -1.99. The third kappa shape index (κ3) is 5.06. The molecule has 21 heavy (non-hydrogen) atoms. The van der Waals surface area contributed by atoms with Gasteiger partial charge < -0.3 is 9.15 Å². The molecule has 1 aromatic heterocycles. The van der Waals surface area contributed by atoms with Crippen molar-refractivity contribution in [3.63, 3.8) is 0 Å². The summed E-state index contributed by atoms with van der Waals surface area (Å²) in [5.41, 5.74) is 1.38. The molecule has 4 heteroatoms. The van der Waals surface area contributed by atoms with Gasteiger partial charge in [0.15, 0.2) is 0 Å². The lowest BCUT2D eigenvalue weighted by Gasteiger charge is -2.01.